The lowest BCUT2D eigenvalue weighted by Crippen LogP contribution is -2.19. The first-order valence-corrected chi connectivity index (χ1v) is 3.54. The molecule has 1 aliphatic heterocycles. The Morgan fingerprint density at radius 3 is 3.25 bits per heavy atom. The molecule has 1 heterocycles. The van der Waals surface area contributed by atoms with Crippen LogP contribution >= 0.6 is 0 Å². The standard InChI is InChI=1S/C7H12N/c1-2-6-4-5-8-7(6)3-1/h5-8H,1-4H2. The summed E-state index contributed by atoms with van der Waals surface area (Å²) in [5.74, 6) is 1.01. The third-order valence-electron chi connectivity index (χ3n) is 2.41. The molecular weight excluding hydrogens is 98.1 g/mol. The summed E-state index contributed by atoms with van der Waals surface area (Å²) in [5.41, 5.74) is 0. The Balaban J connectivity index is 2.04. The van der Waals surface area contributed by atoms with Crippen molar-refractivity contribution >= 4 is 0 Å². The van der Waals surface area contributed by atoms with Gasteiger partial charge < -0.3 is 5.32 Å². The van der Waals surface area contributed by atoms with Crippen LogP contribution in [0.1, 0.15) is 25.7 Å². The van der Waals surface area contributed by atoms with E-state index in [1.165, 1.54) is 25.7 Å². The molecule has 2 aliphatic rings. The van der Waals surface area contributed by atoms with Crippen molar-refractivity contribution < 1.29 is 0 Å². The van der Waals surface area contributed by atoms with Crippen LogP contribution in [0.3, 0.4) is 0 Å². The van der Waals surface area contributed by atoms with Crippen molar-refractivity contribution in [1.82, 2.24) is 5.32 Å². The lowest BCUT2D eigenvalue weighted by molar-refractivity contribution is 0.519. The third-order valence-corrected chi connectivity index (χ3v) is 2.41. The molecule has 0 aromatic carbocycles. The number of fused-ring (bicyclic) bond motifs is 1. The molecule has 0 aromatic heterocycles. The molecule has 45 valence electrons. The molecule has 2 fully saturated rings. The van der Waals surface area contributed by atoms with Gasteiger partial charge in [-0.2, -0.15) is 0 Å². The Labute approximate surface area is 50.5 Å². The van der Waals surface area contributed by atoms with E-state index < -0.39 is 0 Å². The molecule has 1 radical (unpaired) electrons. The van der Waals surface area contributed by atoms with Gasteiger partial charge in [0.1, 0.15) is 0 Å². The molecule has 1 saturated carbocycles. The molecule has 0 bridgehead atoms. The highest BCUT2D eigenvalue weighted by Crippen LogP contribution is 2.32. The van der Waals surface area contributed by atoms with Gasteiger partial charge in [-0.1, -0.05) is 6.42 Å². The minimum atomic E-state index is 0.870. The number of hydrogen-bond acceptors (Lipinski definition) is 1. The fourth-order valence-corrected chi connectivity index (χ4v) is 1.91. The van der Waals surface area contributed by atoms with Crippen molar-refractivity contribution in [3.8, 4) is 0 Å². The molecule has 1 heteroatoms. The molecule has 0 amide bonds. The van der Waals surface area contributed by atoms with E-state index in [0.717, 1.165) is 12.0 Å². The van der Waals surface area contributed by atoms with Crippen LogP contribution < -0.4 is 5.32 Å². The molecule has 2 atom stereocenters. The zero-order chi connectivity index (χ0) is 5.40. The van der Waals surface area contributed by atoms with Crippen molar-refractivity contribution in [3.63, 3.8) is 0 Å². The molecular formula is C7H12N. The minimum Gasteiger partial charge on any atom is -0.309 e. The van der Waals surface area contributed by atoms with Crippen LogP contribution in [0, 0.1) is 12.5 Å². The molecule has 1 nitrogen and oxygen atoms in total. The van der Waals surface area contributed by atoms with Crippen molar-refractivity contribution in [2.45, 2.75) is 31.7 Å². The molecule has 0 aromatic rings. The molecule has 1 aliphatic carbocycles. The summed E-state index contributed by atoms with van der Waals surface area (Å²) in [4.78, 5) is 0. The van der Waals surface area contributed by atoms with E-state index in [1.807, 2.05) is 0 Å². The zero-order valence-electron chi connectivity index (χ0n) is 5.06. The van der Waals surface area contributed by atoms with E-state index in [0.29, 0.717) is 0 Å². The topological polar surface area (TPSA) is 12.0 Å². The van der Waals surface area contributed by atoms with Crippen molar-refractivity contribution in [3.05, 3.63) is 6.54 Å². The number of hydrogen-bond donors (Lipinski definition) is 1. The predicted octanol–water partition coefficient (Wildman–Crippen LogP) is 1.31. The Morgan fingerprint density at radius 2 is 2.38 bits per heavy atom. The minimum absolute atomic E-state index is 0.870. The maximum atomic E-state index is 3.39. The molecule has 0 spiro atoms. The molecule has 8 heavy (non-hydrogen) atoms. The lowest BCUT2D eigenvalue weighted by atomic mass is 10.1. The van der Waals surface area contributed by atoms with Crippen LogP contribution in [0.2, 0.25) is 0 Å². The smallest absolute Gasteiger partial charge is 0.0227 e. The second-order valence-electron chi connectivity index (χ2n) is 2.90. The Hall–Kier alpha value is -0.0400. The highest BCUT2D eigenvalue weighted by atomic mass is 15.0. The molecule has 1 saturated heterocycles. The highest BCUT2D eigenvalue weighted by Gasteiger charge is 2.30. The Kier molecular flexibility index (Phi) is 1.04. The van der Waals surface area contributed by atoms with Gasteiger partial charge in [0.25, 0.3) is 0 Å². The lowest BCUT2D eigenvalue weighted by Gasteiger charge is -2.05. The second-order valence-corrected chi connectivity index (χ2v) is 2.90. The largest absolute Gasteiger partial charge is 0.309 e. The van der Waals surface area contributed by atoms with Crippen LogP contribution in [0.25, 0.3) is 0 Å². The van der Waals surface area contributed by atoms with Crippen molar-refractivity contribution in [1.29, 1.82) is 0 Å². The normalized spacial score (nSPS) is 45.0. The summed E-state index contributed by atoms with van der Waals surface area (Å²) >= 11 is 0. The van der Waals surface area contributed by atoms with Gasteiger partial charge in [0.05, 0.1) is 0 Å². The van der Waals surface area contributed by atoms with E-state index in [-0.39, 0.29) is 0 Å². The fraction of sp³-hybridized carbons (Fsp3) is 0.857. The van der Waals surface area contributed by atoms with E-state index in [1.54, 1.807) is 0 Å². The van der Waals surface area contributed by atoms with Gasteiger partial charge in [0.15, 0.2) is 0 Å². The summed E-state index contributed by atoms with van der Waals surface area (Å²) in [6.07, 6.45) is 5.66. The number of nitrogens with one attached hydrogen (secondary N) is 1. The second kappa shape index (κ2) is 1.73. The monoisotopic (exact) mass is 110 g/mol. The van der Waals surface area contributed by atoms with Crippen LogP contribution in [-0.2, 0) is 0 Å². The predicted molar refractivity (Wildman–Crippen MR) is 33.2 cm³/mol. The van der Waals surface area contributed by atoms with Gasteiger partial charge in [-0.15, -0.1) is 0 Å². The SMILES string of the molecule is [CH]1CC2CCCC2N1. The van der Waals surface area contributed by atoms with Crippen LogP contribution in [0.5, 0.6) is 0 Å². The van der Waals surface area contributed by atoms with Gasteiger partial charge in [-0.25, -0.2) is 0 Å². The summed E-state index contributed by atoms with van der Waals surface area (Å²) in [6, 6.07) is 0.870. The Morgan fingerprint density at radius 1 is 1.38 bits per heavy atom. The molecule has 1 N–H and O–H groups in total. The quantitative estimate of drug-likeness (QED) is 0.495. The van der Waals surface area contributed by atoms with Crippen molar-refractivity contribution in [2.24, 2.45) is 5.92 Å². The first-order valence-electron chi connectivity index (χ1n) is 3.54. The van der Waals surface area contributed by atoms with E-state index in [2.05, 4.69) is 11.9 Å². The molecule has 2 unspecified atom stereocenters. The fourth-order valence-electron chi connectivity index (χ4n) is 1.91. The first kappa shape index (κ1) is 4.80. The van der Waals surface area contributed by atoms with Gasteiger partial charge in [0.2, 0.25) is 0 Å². The summed E-state index contributed by atoms with van der Waals surface area (Å²) in [6.45, 7) is 2.23. The van der Waals surface area contributed by atoms with E-state index in [4.69, 9.17) is 0 Å². The van der Waals surface area contributed by atoms with E-state index >= 15 is 0 Å². The van der Waals surface area contributed by atoms with Gasteiger partial charge in [-0.3, -0.25) is 0 Å². The van der Waals surface area contributed by atoms with Gasteiger partial charge in [-0.05, 0) is 25.2 Å². The summed E-state index contributed by atoms with van der Waals surface area (Å²) < 4.78 is 0. The van der Waals surface area contributed by atoms with Crippen molar-refractivity contribution in [2.75, 3.05) is 0 Å². The van der Waals surface area contributed by atoms with Crippen LogP contribution in [-0.4, -0.2) is 6.04 Å². The average Bonchev–Trinajstić information content (AvgIpc) is 2.15. The highest BCUT2D eigenvalue weighted by molar-refractivity contribution is 4.93. The first-order chi connectivity index (χ1) is 3.97. The summed E-state index contributed by atoms with van der Waals surface area (Å²) in [7, 11) is 0. The maximum Gasteiger partial charge on any atom is 0.0227 e. The van der Waals surface area contributed by atoms with Gasteiger partial charge >= 0.3 is 0 Å². The third kappa shape index (κ3) is 0.576. The Bertz CT molecular complexity index is 70.4. The van der Waals surface area contributed by atoms with Crippen LogP contribution in [0.15, 0.2) is 0 Å². The molecule has 2 rings (SSSR count). The van der Waals surface area contributed by atoms with Gasteiger partial charge in [0, 0.05) is 12.6 Å². The van der Waals surface area contributed by atoms with Crippen LogP contribution in [0.4, 0.5) is 0 Å². The number of rotatable bonds is 0. The zero-order valence-corrected chi connectivity index (χ0v) is 5.06. The maximum absolute atomic E-state index is 3.39. The average molecular weight is 110 g/mol. The van der Waals surface area contributed by atoms with E-state index in [9.17, 15) is 0 Å². The summed E-state index contributed by atoms with van der Waals surface area (Å²) in [5, 5.41) is 3.39.